The van der Waals surface area contributed by atoms with Crippen LogP contribution in [0.1, 0.15) is 12.8 Å². The molecule has 2 saturated heterocycles. The van der Waals surface area contributed by atoms with Crippen molar-refractivity contribution in [1.29, 1.82) is 0 Å². The van der Waals surface area contributed by atoms with Crippen LogP contribution in [0.25, 0.3) is 0 Å². The molecule has 2 aliphatic carbocycles. The van der Waals surface area contributed by atoms with Crippen LogP contribution < -0.4 is 0 Å². The molecule has 0 saturated carbocycles. The molecule has 13 heteroatoms. The van der Waals surface area contributed by atoms with E-state index in [9.17, 15) is 0 Å². The first-order chi connectivity index (χ1) is 14.9. The molecule has 170 valence electrons. The Balaban J connectivity index is 1.59. The summed E-state index contributed by atoms with van der Waals surface area (Å²) in [5, 5.41) is 0. The van der Waals surface area contributed by atoms with Crippen molar-refractivity contribution in [3.8, 4) is 0 Å². The molecule has 3 aliphatic heterocycles. The van der Waals surface area contributed by atoms with Crippen molar-refractivity contribution in [3.05, 3.63) is 47.6 Å². The molecule has 2 fully saturated rings. The zero-order valence-corrected chi connectivity index (χ0v) is 22.1. The SMILES string of the molecule is ClP1(Cl)=NP(Cl)(N2CCOCC2)=NP2(=N1)N(CC1=CC=CC1)CCN2CC1=CC=CC1. The maximum atomic E-state index is 7.24. The van der Waals surface area contributed by atoms with E-state index >= 15 is 0 Å². The van der Waals surface area contributed by atoms with Gasteiger partial charge in [-0.25, -0.2) is 14.0 Å². The lowest BCUT2D eigenvalue weighted by molar-refractivity contribution is 0.0749. The van der Waals surface area contributed by atoms with Crippen molar-refractivity contribution in [1.82, 2.24) is 14.0 Å². The number of halogens is 3. The lowest BCUT2D eigenvalue weighted by Gasteiger charge is -2.40. The molecule has 0 amide bonds. The monoisotopic (exact) mass is 540 g/mol. The minimum atomic E-state index is -2.97. The lowest BCUT2D eigenvalue weighted by atomic mass is 10.2. The van der Waals surface area contributed by atoms with Gasteiger partial charge in [-0.2, -0.15) is 13.5 Å². The van der Waals surface area contributed by atoms with Crippen LogP contribution in [0.2, 0.25) is 0 Å². The highest BCUT2D eigenvalue weighted by atomic mass is 35.9. The molecule has 5 aliphatic rings. The summed E-state index contributed by atoms with van der Waals surface area (Å²) >= 11 is 20.8. The molecule has 5 rings (SSSR count). The molecule has 0 aromatic rings. The lowest BCUT2D eigenvalue weighted by Crippen LogP contribution is -2.33. The van der Waals surface area contributed by atoms with Crippen molar-refractivity contribution in [2.24, 2.45) is 13.5 Å². The van der Waals surface area contributed by atoms with Gasteiger partial charge in [0.05, 0.1) is 13.2 Å². The van der Waals surface area contributed by atoms with E-state index in [4.69, 9.17) is 52.0 Å². The summed E-state index contributed by atoms with van der Waals surface area (Å²) in [6, 6.07) is 0. The molecule has 7 nitrogen and oxygen atoms in total. The first-order valence-corrected chi connectivity index (χ1v) is 18.1. The Labute approximate surface area is 198 Å². The van der Waals surface area contributed by atoms with Crippen molar-refractivity contribution in [2.45, 2.75) is 12.8 Å². The van der Waals surface area contributed by atoms with Gasteiger partial charge >= 0.3 is 0 Å². The zero-order valence-electron chi connectivity index (χ0n) is 17.1. The van der Waals surface area contributed by atoms with Gasteiger partial charge in [-0.3, -0.25) is 0 Å². The van der Waals surface area contributed by atoms with Gasteiger partial charge in [0.15, 0.2) is 0 Å². The highest BCUT2D eigenvalue weighted by Crippen LogP contribution is 2.86. The third-order valence-electron chi connectivity index (χ3n) is 5.87. The van der Waals surface area contributed by atoms with Crippen molar-refractivity contribution < 1.29 is 4.74 Å². The number of allylic oxidation sites excluding steroid dienone is 6. The Morgan fingerprint density at radius 1 is 0.806 bits per heavy atom. The minimum absolute atomic E-state index is 0.614. The molecule has 1 unspecified atom stereocenters. The summed E-state index contributed by atoms with van der Waals surface area (Å²) in [6.07, 6.45) is 14.9. The molecule has 0 aromatic carbocycles. The smallest absolute Gasteiger partial charge is 0.257 e. The Bertz CT molecular complexity index is 996. The summed E-state index contributed by atoms with van der Waals surface area (Å²) in [4.78, 5) is 0. The molecule has 31 heavy (non-hydrogen) atoms. The van der Waals surface area contributed by atoms with Gasteiger partial charge in [-0.1, -0.05) is 47.6 Å². The van der Waals surface area contributed by atoms with Gasteiger partial charge < -0.3 is 4.74 Å². The maximum absolute atomic E-state index is 7.24. The average Bonchev–Trinajstić information content (AvgIpc) is 3.47. The topological polar surface area (TPSA) is 56.0 Å². The Kier molecular flexibility index (Phi) is 6.85. The molecule has 0 aromatic heterocycles. The van der Waals surface area contributed by atoms with Crippen molar-refractivity contribution in [2.75, 3.05) is 52.5 Å². The second-order valence-corrected chi connectivity index (χ2v) is 19.5. The van der Waals surface area contributed by atoms with E-state index in [2.05, 4.69) is 50.5 Å². The molecule has 0 N–H and O–H groups in total. The largest absolute Gasteiger partial charge is 0.379 e. The first-order valence-electron chi connectivity index (χ1n) is 10.4. The summed E-state index contributed by atoms with van der Waals surface area (Å²) in [5.74, 6) is -2.97. The molecule has 0 radical (unpaired) electrons. The van der Waals surface area contributed by atoms with Gasteiger partial charge in [0.25, 0.3) is 5.91 Å². The summed E-state index contributed by atoms with van der Waals surface area (Å²) in [5.41, 5.74) is 2.71. The van der Waals surface area contributed by atoms with E-state index in [0.717, 1.165) is 39.0 Å². The molecule has 1 spiro atoms. The van der Waals surface area contributed by atoms with E-state index in [1.165, 1.54) is 11.1 Å². The van der Waals surface area contributed by atoms with E-state index in [-0.39, 0.29) is 0 Å². The van der Waals surface area contributed by atoms with E-state index in [1.54, 1.807) is 0 Å². The fourth-order valence-corrected chi connectivity index (χ4v) is 20.5. The first kappa shape index (κ1) is 23.1. The molecular weight excluding hydrogens is 516 g/mol. The van der Waals surface area contributed by atoms with Crippen LogP contribution in [0.4, 0.5) is 0 Å². The van der Waals surface area contributed by atoms with Crippen LogP contribution in [-0.2, 0) is 4.74 Å². The predicted octanol–water partition coefficient (Wildman–Crippen LogP) is 7.28. The van der Waals surface area contributed by atoms with Gasteiger partial charge in [-0.15, -0.1) is 0 Å². The van der Waals surface area contributed by atoms with E-state index < -0.39 is 20.1 Å². The van der Waals surface area contributed by atoms with Crippen molar-refractivity contribution in [3.63, 3.8) is 0 Å². The minimum Gasteiger partial charge on any atom is -0.379 e. The quantitative estimate of drug-likeness (QED) is 0.343. The normalized spacial score (nSPS) is 32.6. The van der Waals surface area contributed by atoms with Crippen LogP contribution in [0, 0.1) is 0 Å². The highest BCUT2D eigenvalue weighted by Gasteiger charge is 2.48. The zero-order chi connectivity index (χ0) is 21.5. The molecule has 1 atom stereocenters. The second-order valence-electron chi connectivity index (χ2n) is 8.01. The van der Waals surface area contributed by atoms with Gasteiger partial charge in [0, 0.05) is 39.3 Å². The highest BCUT2D eigenvalue weighted by molar-refractivity contribution is 8.15. The van der Waals surface area contributed by atoms with Gasteiger partial charge in [-0.05, 0) is 46.6 Å². The molecule has 3 heterocycles. The Morgan fingerprint density at radius 2 is 1.39 bits per heavy atom. The number of nitrogens with zero attached hydrogens (tertiary/aromatic N) is 6. The van der Waals surface area contributed by atoms with Gasteiger partial charge in [0.1, 0.15) is 0 Å². The van der Waals surface area contributed by atoms with Crippen LogP contribution in [-0.4, -0.2) is 66.5 Å². The van der Waals surface area contributed by atoms with E-state index in [0.29, 0.717) is 26.3 Å². The second kappa shape index (κ2) is 9.19. The summed E-state index contributed by atoms with van der Waals surface area (Å²) in [6.45, 7) is 3.15. The third kappa shape index (κ3) is 4.80. The Morgan fingerprint density at radius 3 is 1.90 bits per heavy atom. The molecular formula is C18H26Cl3N6OP3. The maximum Gasteiger partial charge on any atom is 0.257 e. The van der Waals surface area contributed by atoms with Crippen LogP contribution >= 0.6 is 53.8 Å². The fraction of sp³-hybridized carbons (Fsp3) is 0.556. The predicted molar refractivity (Wildman–Crippen MR) is 135 cm³/mol. The number of rotatable bonds is 5. The third-order valence-corrected chi connectivity index (χ3v) is 18.9. The van der Waals surface area contributed by atoms with Crippen molar-refractivity contribution >= 4 is 53.8 Å². The average molecular weight is 542 g/mol. The fourth-order valence-electron chi connectivity index (χ4n) is 4.35. The van der Waals surface area contributed by atoms with Gasteiger partial charge in [0.2, 0.25) is 14.2 Å². The number of hydrogen-bond acceptors (Lipinski definition) is 7. The number of hydrogen-bond donors (Lipinski definition) is 0. The molecule has 0 bridgehead atoms. The van der Waals surface area contributed by atoms with E-state index in [1.807, 2.05) is 0 Å². The van der Waals surface area contributed by atoms with Crippen LogP contribution in [0.15, 0.2) is 61.1 Å². The van der Waals surface area contributed by atoms with Crippen LogP contribution in [0.5, 0.6) is 0 Å². The Hall–Kier alpha value is 0.360. The standard InChI is InChI=1S/C18H26Cl3N6OP3/c19-29(20)22-30(21,25-11-13-28-14-12-25)24-31(23-29)26(15-17-5-1-2-6-17)9-10-27(31)16-18-7-3-4-8-18/h1-5,7H,6,8-16H2. The van der Waals surface area contributed by atoms with Crippen LogP contribution in [0.3, 0.4) is 0 Å². The number of ether oxygens (including phenoxy) is 1. The number of morpholine rings is 1. The summed E-state index contributed by atoms with van der Waals surface area (Å²) < 4.78 is 27.5. The summed E-state index contributed by atoms with van der Waals surface area (Å²) in [7, 11) is -2.57.